The molecule has 3 heterocycles. The zero-order valence-corrected chi connectivity index (χ0v) is 21.5. The smallest absolute Gasteiger partial charge is 0.337 e. The van der Waals surface area contributed by atoms with Gasteiger partial charge in [0.2, 0.25) is 0 Å². The summed E-state index contributed by atoms with van der Waals surface area (Å²) >= 11 is 2.12. The summed E-state index contributed by atoms with van der Waals surface area (Å²) in [6, 6.07) is 8.58. The highest BCUT2D eigenvalue weighted by Crippen LogP contribution is 2.33. The van der Waals surface area contributed by atoms with Crippen LogP contribution in [0.2, 0.25) is 0 Å². The molecule has 4 rings (SSSR count). The number of carbonyl (C=O) groups is 1. The predicted molar refractivity (Wildman–Crippen MR) is 140 cm³/mol. The van der Waals surface area contributed by atoms with E-state index in [4.69, 9.17) is 4.98 Å². The summed E-state index contributed by atoms with van der Waals surface area (Å²) in [7, 11) is 0. The Hall–Kier alpha value is -2.62. The molecule has 3 aromatic rings. The van der Waals surface area contributed by atoms with Crippen molar-refractivity contribution in [2.45, 2.75) is 46.6 Å². The van der Waals surface area contributed by atoms with Crippen molar-refractivity contribution in [3.05, 3.63) is 67.1 Å². The first-order valence-corrected chi connectivity index (χ1v) is 12.2. The third-order valence-electron chi connectivity index (χ3n) is 6.43. The van der Waals surface area contributed by atoms with Gasteiger partial charge in [0.05, 0.1) is 11.6 Å². The summed E-state index contributed by atoms with van der Waals surface area (Å²) in [6.45, 7) is 10.2. The Labute approximate surface area is 207 Å². The predicted octanol–water partition coefficient (Wildman–Crippen LogP) is 5.11. The van der Waals surface area contributed by atoms with E-state index < -0.39 is 5.97 Å². The molecule has 8 heteroatoms. The van der Waals surface area contributed by atoms with Crippen LogP contribution in [0.1, 0.15) is 61.1 Å². The summed E-state index contributed by atoms with van der Waals surface area (Å²) < 4.78 is 2.24. The molecule has 0 aliphatic carbocycles. The molecule has 1 aromatic carbocycles. The van der Waals surface area contributed by atoms with Gasteiger partial charge in [0.25, 0.3) is 5.56 Å². The van der Waals surface area contributed by atoms with Gasteiger partial charge < -0.3 is 15.3 Å². The highest BCUT2D eigenvalue weighted by Gasteiger charge is 2.28. The topological polar surface area (TPSA) is 86.9 Å². The number of nitrogens with one attached hydrogen (secondary N) is 1. The number of carboxylic acids is 1. The number of carboxylic acid groups (broad SMARTS) is 1. The summed E-state index contributed by atoms with van der Waals surface area (Å²) in [4.78, 5) is 32.2. The number of hydrogen-bond acceptors (Lipinski definition) is 5. The zero-order chi connectivity index (χ0) is 23.9. The van der Waals surface area contributed by atoms with Gasteiger partial charge in [-0.25, -0.2) is 9.78 Å². The van der Waals surface area contributed by atoms with Gasteiger partial charge in [0.1, 0.15) is 15.0 Å². The molecule has 1 atom stereocenters. The lowest BCUT2D eigenvalue weighted by atomic mass is 9.83. The van der Waals surface area contributed by atoms with Crippen LogP contribution in [0, 0.1) is 15.9 Å². The first-order valence-electron chi connectivity index (χ1n) is 11.1. The van der Waals surface area contributed by atoms with Crippen LogP contribution < -0.4 is 15.8 Å². The minimum atomic E-state index is -0.987. The largest absolute Gasteiger partial charge is 0.478 e. The number of nitrogens with zero attached hydrogens (tertiary/aromatic N) is 3. The van der Waals surface area contributed by atoms with Gasteiger partial charge >= 0.3 is 5.97 Å². The average molecular weight is 560 g/mol. The first-order chi connectivity index (χ1) is 15.6. The molecule has 2 aromatic heterocycles. The molecule has 0 radical (unpaired) electrons. The number of anilines is 2. The Balaban J connectivity index is 1.80. The number of benzene rings is 1. The Kier molecular flexibility index (Phi) is 6.39. The number of hydrogen-bond donors (Lipinski definition) is 2. The van der Waals surface area contributed by atoms with Crippen LogP contribution in [-0.2, 0) is 0 Å². The molecular formula is C25H29IN4O3. The first kappa shape index (κ1) is 23.5. The van der Waals surface area contributed by atoms with Gasteiger partial charge in [-0.05, 0) is 78.5 Å². The quantitative estimate of drug-likeness (QED) is 0.422. The van der Waals surface area contributed by atoms with Crippen LogP contribution in [0.15, 0.2) is 41.3 Å². The summed E-state index contributed by atoms with van der Waals surface area (Å²) in [5, 5.41) is 12.9. The lowest BCUT2D eigenvalue weighted by molar-refractivity contribution is 0.0698. The molecular weight excluding hydrogens is 531 g/mol. The number of aromatic carboxylic acids is 1. The Bertz CT molecular complexity index is 1270. The van der Waals surface area contributed by atoms with Crippen molar-refractivity contribution in [2.75, 3.05) is 23.3 Å². The van der Waals surface area contributed by atoms with Gasteiger partial charge in [0, 0.05) is 30.5 Å². The molecule has 7 nitrogen and oxygen atoms in total. The van der Waals surface area contributed by atoms with Crippen molar-refractivity contribution in [3.8, 4) is 0 Å². The van der Waals surface area contributed by atoms with Crippen molar-refractivity contribution >= 4 is 45.7 Å². The molecule has 0 saturated carbocycles. The van der Waals surface area contributed by atoms with Crippen LogP contribution in [0.3, 0.4) is 0 Å². The van der Waals surface area contributed by atoms with Crippen molar-refractivity contribution in [1.29, 1.82) is 0 Å². The van der Waals surface area contributed by atoms with Gasteiger partial charge in [-0.1, -0.05) is 26.0 Å². The van der Waals surface area contributed by atoms with E-state index in [0.717, 1.165) is 42.9 Å². The lowest BCUT2D eigenvalue weighted by Crippen LogP contribution is -2.39. The standard InChI is InChI=1S/C25H29IN4O3/c1-15-13-18(16(2)27-19-8-6-5-7-17(19)24(32)33)21-28-22(20(26)23(31)30(21)14-15)29-11-9-25(3,4)10-12-29/h5-8,13-14,16,27H,9-12H2,1-4H3,(H,32,33). The number of aryl methyl sites for hydroxylation is 1. The molecule has 1 fully saturated rings. The van der Waals surface area contributed by atoms with Gasteiger partial charge in [-0.2, -0.15) is 0 Å². The van der Waals surface area contributed by atoms with Gasteiger partial charge in [-0.3, -0.25) is 9.20 Å². The molecule has 1 aliphatic rings. The number of rotatable bonds is 5. The van der Waals surface area contributed by atoms with E-state index in [1.165, 1.54) is 0 Å². The van der Waals surface area contributed by atoms with Crippen LogP contribution >= 0.6 is 22.6 Å². The van der Waals surface area contributed by atoms with Crippen LogP contribution in [0.5, 0.6) is 0 Å². The monoisotopic (exact) mass is 560 g/mol. The van der Waals surface area contributed by atoms with Crippen LogP contribution in [0.25, 0.3) is 5.65 Å². The third kappa shape index (κ3) is 4.71. The van der Waals surface area contributed by atoms with E-state index in [-0.39, 0.29) is 17.2 Å². The van der Waals surface area contributed by atoms with E-state index in [9.17, 15) is 14.7 Å². The molecule has 33 heavy (non-hydrogen) atoms. The van der Waals surface area contributed by atoms with Crippen molar-refractivity contribution in [1.82, 2.24) is 9.38 Å². The van der Waals surface area contributed by atoms with E-state index in [1.807, 2.05) is 26.1 Å². The summed E-state index contributed by atoms with van der Waals surface area (Å²) in [6.07, 6.45) is 3.92. The highest BCUT2D eigenvalue weighted by atomic mass is 127. The Morgan fingerprint density at radius 3 is 2.58 bits per heavy atom. The number of fused-ring (bicyclic) bond motifs is 1. The highest BCUT2D eigenvalue weighted by molar-refractivity contribution is 14.1. The van der Waals surface area contributed by atoms with Crippen molar-refractivity contribution < 1.29 is 9.90 Å². The molecule has 1 saturated heterocycles. The number of piperidine rings is 1. The molecule has 1 unspecified atom stereocenters. The molecule has 0 spiro atoms. The SMILES string of the molecule is Cc1cc(C(C)Nc2ccccc2C(=O)O)c2nc(N3CCC(C)(C)CC3)c(I)c(=O)n2c1. The number of aromatic nitrogens is 2. The second-order valence-corrected chi connectivity index (χ2v) is 10.7. The second kappa shape index (κ2) is 8.96. The molecule has 174 valence electrons. The minimum Gasteiger partial charge on any atom is -0.478 e. The Morgan fingerprint density at radius 1 is 1.24 bits per heavy atom. The fourth-order valence-corrected chi connectivity index (χ4v) is 5.06. The van der Waals surface area contributed by atoms with E-state index in [1.54, 1.807) is 28.7 Å². The van der Waals surface area contributed by atoms with Gasteiger partial charge in [-0.15, -0.1) is 0 Å². The molecule has 2 N–H and O–H groups in total. The molecule has 1 aliphatic heterocycles. The Morgan fingerprint density at radius 2 is 1.91 bits per heavy atom. The second-order valence-electron chi connectivity index (χ2n) is 9.59. The van der Waals surface area contributed by atoms with Gasteiger partial charge in [0.15, 0.2) is 0 Å². The number of halogens is 1. The van der Waals surface area contributed by atoms with E-state index in [2.05, 4.69) is 46.7 Å². The fourth-order valence-electron chi connectivity index (χ4n) is 4.33. The number of para-hydroxylation sites is 1. The summed E-state index contributed by atoms with van der Waals surface area (Å²) in [5.41, 5.74) is 3.34. The normalized spacial score (nSPS) is 16.6. The maximum absolute atomic E-state index is 13.3. The number of pyridine rings is 1. The zero-order valence-electron chi connectivity index (χ0n) is 19.4. The minimum absolute atomic E-state index is 0.0801. The van der Waals surface area contributed by atoms with Crippen molar-refractivity contribution in [3.63, 3.8) is 0 Å². The maximum Gasteiger partial charge on any atom is 0.337 e. The van der Waals surface area contributed by atoms with E-state index >= 15 is 0 Å². The lowest BCUT2D eigenvalue weighted by Gasteiger charge is -2.37. The average Bonchev–Trinajstić information content (AvgIpc) is 2.76. The van der Waals surface area contributed by atoms with E-state index in [0.29, 0.717) is 20.3 Å². The van der Waals surface area contributed by atoms with Crippen molar-refractivity contribution in [2.24, 2.45) is 5.41 Å². The van der Waals surface area contributed by atoms with Crippen LogP contribution in [-0.4, -0.2) is 33.6 Å². The molecule has 0 bridgehead atoms. The van der Waals surface area contributed by atoms with Crippen LogP contribution in [0.4, 0.5) is 11.5 Å². The maximum atomic E-state index is 13.3. The summed E-state index contributed by atoms with van der Waals surface area (Å²) in [5.74, 6) is -0.252. The molecule has 0 amide bonds. The third-order valence-corrected chi connectivity index (χ3v) is 7.37. The fraction of sp³-hybridized carbons (Fsp3) is 0.400.